The van der Waals surface area contributed by atoms with Crippen LogP contribution in [0.3, 0.4) is 0 Å². The van der Waals surface area contributed by atoms with Crippen LogP contribution < -0.4 is 19.5 Å². The molecule has 1 amide bonds. The quantitative estimate of drug-likeness (QED) is 0.455. The summed E-state index contributed by atoms with van der Waals surface area (Å²) in [4.78, 5) is 13.2. The van der Waals surface area contributed by atoms with Crippen LogP contribution in [0, 0.1) is 0 Å². The van der Waals surface area contributed by atoms with Gasteiger partial charge in [-0.25, -0.2) is 0 Å². The zero-order chi connectivity index (χ0) is 21.8. The van der Waals surface area contributed by atoms with Crippen molar-refractivity contribution < 1.29 is 23.4 Å². The van der Waals surface area contributed by atoms with E-state index in [1.807, 2.05) is 54.6 Å². The van der Waals surface area contributed by atoms with Crippen molar-refractivity contribution >= 4 is 16.9 Å². The number of furan rings is 1. The molecule has 1 heterocycles. The summed E-state index contributed by atoms with van der Waals surface area (Å²) in [7, 11) is 4.77. The van der Waals surface area contributed by atoms with Crippen molar-refractivity contribution in [1.29, 1.82) is 0 Å². The maximum absolute atomic E-state index is 13.2. The maximum Gasteiger partial charge on any atom is 0.287 e. The van der Waals surface area contributed by atoms with E-state index in [-0.39, 0.29) is 18.2 Å². The van der Waals surface area contributed by atoms with Gasteiger partial charge in [-0.15, -0.1) is 0 Å². The summed E-state index contributed by atoms with van der Waals surface area (Å²) >= 11 is 0. The molecule has 0 spiro atoms. The fraction of sp³-hybridized carbons (Fsp3) is 0.160. The van der Waals surface area contributed by atoms with Crippen molar-refractivity contribution in [2.24, 2.45) is 0 Å². The molecule has 0 radical (unpaired) electrons. The molecule has 3 aromatic carbocycles. The van der Waals surface area contributed by atoms with Crippen LogP contribution in [0.25, 0.3) is 22.1 Å². The third-order valence-corrected chi connectivity index (χ3v) is 5.10. The Morgan fingerprint density at radius 2 is 1.58 bits per heavy atom. The van der Waals surface area contributed by atoms with Crippen LogP contribution in [-0.4, -0.2) is 27.2 Å². The van der Waals surface area contributed by atoms with Gasteiger partial charge in [-0.3, -0.25) is 4.79 Å². The summed E-state index contributed by atoms with van der Waals surface area (Å²) in [6, 6.07) is 20.7. The number of amides is 1. The Bertz CT molecular complexity index is 1210. The van der Waals surface area contributed by atoms with Crippen molar-refractivity contribution in [3.63, 3.8) is 0 Å². The molecule has 0 bridgehead atoms. The summed E-state index contributed by atoms with van der Waals surface area (Å²) < 4.78 is 22.0. The minimum absolute atomic E-state index is 0.252. The number of hydrogen-bond donors (Lipinski definition) is 1. The fourth-order valence-corrected chi connectivity index (χ4v) is 3.51. The minimum atomic E-state index is -0.313. The van der Waals surface area contributed by atoms with Gasteiger partial charge in [0.15, 0.2) is 0 Å². The first-order valence-corrected chi connectivity index (χ1v) is 9.79. The zero-order valence-electron chi connectivity index (χ0n) is 17.6. The summed E-state index contributed by atoms with van der Waals surface area (Å²) in [5.41, 5.74) is 3.07. The van der Waals surface area contributed by atoms with Gasteiger partial charge >= 0.3 is 0 Å². The van der Waals surface area contributed by atoms with Gasteiger partial charge in [0.05, 0.1) is 21.3 Å². The van der Waals surface area contributed by atoms with Crippen molar-refractivity contribution in [1.82, 2.24) is 5.32 Å². The molecular weight excluding hydrogens is 394 g/mol. The Morgan fingerprint density at radius 3 is 2.29 bits per heavy atom. The van der Waals surface area contributed by atoms with Gasteiger partial charge in [0.25, 0.3) is 5.91 Å². The zero-order valence-corrected chi connectivity index (χ0v) is 17.6. The molecule has 0 aliphatic carbocycles. The highest BCUT2D eigenvalue weighted by atomic mass is 16.5. The summed E-state index contributed by atoms with van der Waals surface area (Å²) in [6.07, 6.45) is 0. The summed E-state index contributed by atoms with van der Waals surface area (Å²) in [6.45, 7) is 0.278. The second kappa shape index (κ2) is 8.83. The van der Waals surface area contributed by atoms with Gasteiger partial charge in [-0.2, -0.15) is 0 Å². The van der Waals surface area contributed by atoms with Gasteiger partial charge in [0, 0.05) is 35.2 Å². The van der Waals surface area contributed by atoms with Gasteiger partial charge in [-0.1, -0.05) is 30.3 Å². The molecule has 31 heavy (non-hydrogen) atoms. The molecule has 158 valence electrons. The summed E-state index contributed by atoms with van der Waals surface area (Å²) in [5, 5.41) is 3.79. The van der Waals surface area contributed by atoms with Crippen LogP contribution in [0.15, 0.2) is 71.1 Å². The highest BCUT2D eigenvalue weighted by Gasteiger charge is 2.22. The molecule has 1 N–H and O–H groups in total. The third-order valence-electron chi connectivity index (χ3n) is 5.10. The Labute approximate surface area is 180 Å². The molecule has 4 rings (SSSR count). The number of carbonyl (C=O) groups is 1. The normalized spacial score (nSPS) is 10.7. The lowest BCUT2D eigenvalue weighted by Gasteiger charge is -2.11. The van der Waals surface area contributed by atoms with Gasteiger partial charge in [0.2, 0.25) is 5.76 Å². The van der Waals surface area contributed by atoms with Gasteiger partial charge < -0.3 is 23.9 Å². The molecular formula is C25H23NO5. The topological polar surface area (TPSA) is 69.9 Å². The second-order valence-electron chi connectivity index (χ2n) is 6.89. The number of methoxy groups -OCH3 is 3. The Kier molecular flexibility index (Phi) is 5.80. The predicted octanol–water partition coefficient (Wildman–Crippen LogP) is 5.06. The molecule has 4 aromatic rings. The molecule has 0 saturated heterocycles. The van der Waals surface area contributed by atoms with E-state index < -0.39 is 0 Å². The molecule has 6 heteroatoms. The number of ether oxygens (including phenoxy) is 3. The first kappa shape index (κ1) is 20.3. The van der Waals surface area contributed by atoms with E-state index >= 15 is 0 Å². The van der Waals surface area contributed by atoms with E-state index in [0.717, 1.165) is 22.1 Å². The number of hydrogen-bond acceptors (Lipinski definition) is 5. The van der Waals surface area contributed by atoms with Crippen molar-refractivity contribution in [2.45, 2.75) is 6.54 Å². The number of carbonyl (C=O) groups excluding carboxylic acids is 1. The lowest BCUT2D eigenvalue weighted by atomic mass is 10.0. The highest BCUT2D eigenvalue weighted by molar-refractivity contribution is 6.08. The van der Waals surface area contributed by atoms with E-state index in [9.17, 15) is 4.79 Å². The molecule has 6 nitrogen and oxygen atoms in total. The van der Waals surface area contributed by atoms with E-state index in [2.05, 4.69) is 5.32 Å². The minimum Gasteiger partial charge on any atom is -0.497 e. The maximum atomic E-state index is 13.2. The predicted molar refractivity (Wildman–Crippen MR) is 119 cm³/mol. The number of rotatable bonds is 7. The SMILES string of the molecule is COc1ccc(CNC(=O)c2oc3cc(OC)ccc3c2-c2ccccc2)c(OC)c1. The number of benzene rings is 3. The molecule has 0 aliphatic rings. The molecule has 0 atom stereocenters. The van der Waals surface area contributed by atoms with Crippen molar-refractivity contribution in [3.05, 3.63) is 78.1 Å². The molecule has 1 aromatic heterocycles. The van der Waals surface area contributed by atoms with Crippen molar-refractivity contribution in [2.75, 3.05) is 21.3 Å². The van der Waals surface area contributed by atoms with Crippen LogP contribution in [0.2, 0.25) is 0 Å². The smallest absolute Gasteiger partial charge is 0.287 e. The Hall–Kier alpha value is -3.93. The van der Waals surface area contributed by atoms with Crippen LogP contribution in [0.4, 0.5) is 0 Å². The van der Waals surface area contributed by atoms with Crippen LogP contribution in [0.1, 0.15) is 16.1 Å². The lowest BCUT2D eigenvalue weighted by Crippen LogP contribution is -2.23. The molecule has 0 saturated carbocycles. The average molecular weight is 417 g/mol. The second-order valence-corrected chi connectivity index (χ2v) is 6.89. The highest BCUT2D eigenvalue weighted by Crippen LogP contribution is 2.36. The molecule has 0 aliphatic heterocycles. The van der Waals surface area contributed by atoms with Crippen LogP contribution in [-0.2, 0) is 6.54 Å². The average Bonchev–Trinajstić information content (AvgIpc) is 3.21. The monoisotopic (exact) mass is 417 g/mol. The number of fused-ring (bicyclic) bond motifs is 1. The third kappa shape index (κ3) is 4.05. The first-order chi connectivity index (χ1) is 15.1. The Morgan fingerprint density at radius 1 is 0.871 bits per heavy atom. The van der Waals surface area contributed by atoms with Gasteiger partial charge in [0.1, 0.15) is 22.8 Å². The lowest BCUT2D eigenvalue weighted by molar-refractivity contribution is 0.0926. The van der Waals surface area contributed by atoms with Crippen molar-refractivity contribution in [3.8, 4) is 28.4 Å². The fourth-order valence-electron chi connectivity index (χ4n) is 3.51. The van der Waals surface area contributed by atoms with E-state index in [0.29, 0.717) is 22.8 Å². The van der Waals surface area contributed by atoms with E-state index in [1.165, 1.54) is 0 Å². The molecule has 0 fully saturated rings. The molecule has 0 unspecified atom stereocenters. The van der Waals surface area contributed by atoms with Gasteiger partial charge in [-0.05, 0) is 29.8 Å². The summed E-state index contributed by atoms with van der Waals surface area (Å²) in [5.74, 6) is 1.92. The first-order valence-electron chi connectivity index (χ1n) is 9.79. The number of nitrogens with one attached hydrogen (secondary N) is 1. The standard InChI is InChI=1S/C25H23NO5/c1-28-18-10-9-17(21(13-18)30-3)15-26-25(27)24-23(16-7-5-4-6-8-16)20-12-11-19(29-2)14-22(20)31-24/h4-14H,15H2,1-3H3,(H,26,27). The Balaban J connectivity index is 1.69. The van der Waals surface area contributed by atoms with Crippen LogP contribution in [0.5, 0.6) is 17.2 Å². The van der Waals surface area contributed by atoms with E-state index in [4.69, 9.17) is 18.6 Å². The van der Waals surface area contributed by atoms with Crippen LogP contribution >= 0.6 is 0 Å². The van der Waals surface area contributed by atoms with E-state index in [1.54, 1.807) is 33.5 Å². The largest absolute Gasteiger partial charge is 0.497 e.